The number of amides is 2. The topological polar surface area (TPSA) is 88.7 Å². The first-order chi connectivity index (χ1) is 16.0. The molecule has 0 aromatic heterocycles. The molecule has 0 bridgehead atoms. The molecule has 0 saturated carbocycles. The predicted octanol–water partition coefficient (Wildman–Crippen LogP) is 4.59. The first-order valence-electron chi connectivity index (χ1n) is 11.1. The summed E-state index contributed by atoms with van der Waals surface area (Å²) in [6, 6.07) is 14.4. The van der Waals surface area contributed by atoms with Crippen LogP contribution in [0.25, 0.3) is 0 Å². The van der Waals surface area contributed by atoms with Gasteiger partial charge in [-0.05, 0) is 61.9 Å². The minimum Gasteiger partial charge on any atom is -0.506 e. The van der Waals surface area contributed by atoms with Crippen molar-refractivity contribution in [2.45, 2.75) is 31.3 Å². The van der Waals surface area contributed by atoms with E-state index >= 15 is 0 Å². The van der Waals surface area contributed by atoms with E-state index in [1.54, 1.807) is 24.3 Å². The summed E-state index contributed by atoms with van der Waals surface area (Å²) in [6.45, 7) is 4.27. The fraction of sp³-hybridized carbons (Fsp3) is 0.280. The zero-order chi connectivity index (χ0) is 22.8. The molecule has 2 atom stereocenters. The number of urea groups is 1. The number of para-hydroxylation sites is 2. The molecule has 2 aromatic rings. The number of piperidine rings is 1. The molecular formula is C25H28IN5O2. The van der Waals surface area contributed by atoms with E-state index in [0.29, 0.717) is 11.6 Å². The van der Waals surface area contributed by atoms with Crippen LogP contribution in [0.2, 0.25) is 0 Å². The Kier molecular flexibility index (Phi) is 6.11. The zero-order valence-electron chi connectivity index (χ0n) is 18.4. The van der Waals surface area contributed by atoms with E-state index in [9.17, 15) is 9.90 Å². The number of hydrogen-bond acceptors (Lipinski definition) is 5. The quantitative estimate of drug-likeness (QED) is 0.216. The SMILES string of the molecule is CC12NC=CC1=C(N1CCCC(c3cccc(NC(=O)Nc4ccccc4O)c3)C1)I=CN2. The molecule has 3 aliphatic heterocycles. The van der Waals surface area contributed by atoms with Crippen molar-refractivity contribution in [1.82, 2.24) is 15.5 Å². The Bertz CT molecular complexity index is 1160. The van der Waals surface area contributed by atoms with Crippen LogP contribution in [0.15, 0.2) is 70.1 Å². The largest absolute Gasteiger partial charge is 0.506 e. The number of halogens is 1. The third-order valence-corrected chi connectivity index (χ3v) is 8.83. The molecule has 3 heterocycles. The molecule has 33 heavy (non-hydrogen) atoms. The molecule has 5 rings (SSSR count). The Morgan fingerprint density at radius 2 is 2.06 bits per heavy atom. The lowest BCUT2D eigenvalue weighted by atomic mass is 9.90. The average Bonchev–Trinajstić information content (AvgIpc) is 3.22. The third kappa shape index (κ3) is 4.63. The summed E-state index contributed by atoms with van der Waals surface area (Å²) in [5.74, 6) is 0.457. The predicted molar refractivity (Wildman–Crippen MR) is 142 cm³/mol. The number of carbonyl (C=O) groups is 1. The zero-order valence-corrected chi connectivity index (χ0v) is 20.6. The van der Waals surface area contributed by atoms with Crippen LogP contribution < -0.4 is 21.3 Å². The number of nitrogens with zero attached hydrogens (tertiary/aromatic N) is 1. The number of fused-ring (bicyclic) bond motifs is 1. The minimum atomic E-state index is -0.374. The van der Waals surface area contributed by atoms with Crippen molar-refractivity contribution < 1.29 is 9.90 Å². The van der Waals surface area contributed by atoms with Crippen molar-refractivity contribution >= 4 is 42.3 Å². The Labute approximate surface area is 203 Å². The highest BCUT2D eigenvalue weighted by Crippen LogP contribution is 2.39. The van der Waals surface area contributed by atoms with Crippen LogP contribution in [0.1, 0.15) is 31.2 Å². The monoisotopic (exact) mass is 557 g/mol. The van der Waals surface area contributed by atoms with Gasteiger partial charge in [0.2, 0.25) is 0 Å². The van der Waals surface area contributed by atoms with Crippen molar-refractivity contribution in [3.63, 3.8) is 0 Å². The number of likely N-dealkylation sites (tertiary alicyclic amines) is 1. The number of phenols is 1. The van der Waals surface area contributed by atoms with E-state index in [1.807, 2.05) is 18.3 Å². The van der Waals surface area contributed by atoms with Gasteiger partial charge < -0.3 is 26.0 Å². The van der Waals surface area contributed by atoms with Gasteiger partial charge >= 0.3 is 6.03 Å². The van der Waals surface area contributed by atoms with E-state index in [4.69, 9.17) is 0 Å². The number of aromatic hydroxyl groups is 1. The van der Waals surface area contributed by atoms with E-state index in [0.717, 1.165) is 31.6 Å². The van der Waals surface area contributed by atoms with Gasteiger partial charge in [0, 0.05) is 34.4 Å². The lowest BCUT2D eigenvalue weighted by Gasteiger charge is -2.39. The molecule has 8 heteroatoms. The maximum absolute atomic E-state index is 12.5. The summed E-state index contributed by atoms with van der Waals surface area (Å²) in [7, 11) is 0. The highest BCUT2D eigenvalue weighted by Gasteiger charge is 2.36. The fourth-order valence-corrected chi connectivity index (χ4v) is 7.54. The number of carbonyl (C=O) groups excluding carboxylic acids is 1. The normalized spacial score (nSPS) is 24.0. The van der Waals surface area contributed by atoms with Crippen LogP contribution in [0.5, 0.6) is 5.75 Å². The lowest BCUT2D eigenvalue weighted by Crippen LogP contribution is -2.52. The molecular weight excluding hydrogens is 529 g/mol. The number of rotatable bonds is 4. The van der Waals surface area contributed by atoms with E-state index in [1.165, 1.54) is 14.8 Å². The third-order valence-electron chi connectivity index (χ3n) is 6.35. The molecule has 172 valence electrons. The Balaban J connectivity index is 1.29. The number of benzene rings is 2. The fourth-order valence-electron chi connectivity index (χ4n) is 4.58. The van der Waals surface area contributed by atoms with Crippen LogP contribution in [0.3, 0.4) is 0 Å². The number of phenolic OH excluding ortho intramolecular Hbond substituents is 1. The summed E-state index contributed by atoms with van der Waals surface area (Å²) in [5, 5.41) is 22.4. The highest BCUT2D eigenvalue weighted by molar-refractivity contribution is 14.2. The molecule has 1 fully saturated rings. The lowest BCUT2D eigenvalue weighted by molar-refractivity contribution is 0.262. The maximum atomic E-state index is 12.5. The van der Waals surface area contributed by atoms with Crippen molar-refractivity contribution in [1.29, 1.82) is 0 Å². The number of nitrogens with one attached hydrogen (secondary N) is 4. The smallest absolute Gasteiger partial charge is 0.323 e. The highest BCUT2D eigenvalue weighted by atomic mass is 127. The van der Waals surface area contributed by atoms with Crippen molar-refractivity contribution in [2.24, 2.45) is 0 Å². The molecule has 7 nitrogen and oxygen atoms in total. The first-order valence-corrected chi connectivity index (χ1v) is 13.5. The van der Waals surface area contributed by atoms with Gasteiger partial charge in [-0.3, -0.25) is 5.32 Å². The van der Waals surface area contributed by atoms with Gasteiger partial charge in [0.05, 0.1) is 9.39 Å². The summed E-state index contributed by atoms with van der Waals surface area (Å²) in [5.41, 5.74) is 3.55. The van der Waals surface area contributed by atoms with Gasteiger partial charge in [-0.2, -0.15) is 0 Å². The standard InChI is InChI=1S/C25H28IN5O2/c1-25-20(11-12-27-25)23(26-16-28-25)31-13-5-7-18(15-31)17-6-4-8-19(14-17)29-24(33)30-21-9-2-3-10-22(21)32/h2-4,6,8-12,14,16,18,27-28,32H,5,7,13,15H2,1H3,(H2,29,30,33). The van der Waals surface area contributed by atoms with Crippen LogP contribution >= 0.6 is 20.7 Å². The van der Waals surface area contributed by atoms with Gasteiger partial charge in [0.25, 0.3) is 0 Å². The molecule has 1 saturated heterocycles. The molecule has 0 aliphatic carbocycles. The Morgan fingerprint density at radius 1 is 1.18 bits per heavy atom. The second-order valence-corrected chi connectivity index (χ2v) is 10.9. The van der Waals surface area contributed by atoms with Crippen molar-refractivity contribution in [3.8, 4) is 5.75 Å². The summed E-state index contributed by atoms with van der Waals surface area (Å²) >= 11 is -0.186. The Morgan fingerprint density at radius 3 is 2.94 bits per heavy atom. The van der Waals surface area contributed by atoms with Crippen molar-refractivity contribution in [2.75, 3.05) is 23.7 Å². The van der Waals surface area contributed by atoms with Gasteiger partial charge in [-0.25, -0.2) is 4.79 Å². The second kappa shape index (κ2) is 9.18. The van der Waals surface area contributed by atoms with Crippen LogP contribution in [0, 0.1) is 0 Å². The van der Waals surface area contributed by atoms with Crippen LogP contribution in [-0.4, -0.2) is 38.9 Å². The van der Waals surface area contributed by atoms with Crippen LogP contribution in [0.4, 0.5) is 16.2 Å². The molecule has 2 amide bonds. The second-order valence-electron chi connectivity index (χ2n) is 8.68. The first kappa shape index (κ1) is 22.0. The molecule has 0 spiro atoms. The van der Waals surface area contributed by atoms with Gasteiger partial charge in [0.15, 0.2) is 0 Å². The van der Waals surface area contributed by atoms with Gasteiger partial charge in [0.1, 0.15) is 11.4 Å². The number of anilines is 2. The maximum Gasteiger partial charge on any atom is 0.323 e. The number of hydrogen-bond donors (Lipinski definition) is 5. The van der Waals surface area contributed by atoms with E-state index < -0.39 is 0 Å². The van der Waals surface area contributed by atoms with E-state index in [2.05, 4.69) is 55.4 Å². The van der Waals surface area contributed by atoms with Gasteiger partial charge in [-0.1, -0.05) is 45.0 Å². The summed E-state index contributed by atoms with van der Waals surface area (Å²) in [6.07, 6.45) is 6.55. The van der Waals surface area contributed by atoms with Crippen molar-refractivity contribution in [3.05, 3.63) is 75.6 Å². The summed E-state index contributed by atoms with van der Waals surface area (Å²) in [4.78, 5) is 15.0. The molecule has 5 N–H and O–H groups in total. The summed E-state index contributed by atoms with van der Waals surface area (Å²) < 4.78 is 3.76. The molecule has 0 radical (unpaired) electrons. The van der Waals surface area contributed by atoms with Gasteiger partial charge in [-0.15, -0.1) is 0 Å². The van der Waals surface area contributed by atoms with Crippen LogP contribution in [-0.2, 0) is 0 Å². The molecule has 2 aromatic carbocycles. The molecule has 2 unspecified atom stereocenters. The average molecular weight is 557 g/mol. The Hall–Kier alpha value is -2.85. The van der Waals surface area contributed by atoms with E-state index in [-0.39, 0.29) is 38.2 Å². The minimum absolute atomic E-state index is 0.0421. The molecule has 3 aliphatic rings.